The van der Waals surface area contributed by atoms with Gasteiger partial charge in [-0.1, -0.05) is 48.7 Å². The van der Waals surface area contributed by atoms with Crippen molar-refractivity contribution < 1.29 is 9.59 Å². The number of nitriles is 2. The molecule has 98 valence electrons. The second-order valence-corrected chi connectivity index (χ2v) is 5.75. The third-order valence-electron chi connectivity index (χ3n) is 2.68. The van der Waals surface area contributed by atoms with Gasteiger partial charge in [-0.25, -0.2) is 0 Å². The molecule has 0 aliphatic heterocycles. The zero-order valence-electron chi connectivity index (χ0n) is 10.3. The van der Waals surface area contributed by atoms with Gasteiger partial charge in [-0.3, -0.25) is 9.59 Å². The maximum absolute atomic E-state index is 11.9. The highest BCUT2D eigenvalue weighted by Crippen LogP contribution is 2.32. The lowest BCUT2D eigenvalue weighted by atomic mass is 9.85. The van der Waals surface area contributed by atoms with E-state index >= 15 is 0 Å². The molecule has 0 N–H and O–H groups in total. The second kappa shape index (κ2) is 7.83. The summed E-state index contributed by atoms with van der Waals surface area (Å²) in [5, 5.41) is 16.7. The molecule has 0 saturated carbocycles. The van der Waals surface area contributed by atoms with Crippen LogP contribution < -0.4 is 0 Å². The fraction of sp³-hybridized carbons (Fsp3) is 0.385. The minimum atomic E-state index is -0.384. The molecule has 4 nitrogen and oxygen atoms in total. The number of rotatable bonds is 4. The van der Waals surface area contributed by atoms with Gasteiger partial charge < -0.3 is 0 Å². The monoisotopic (exact) mass is 292 g/mol. The number of carbonyl (C=O) groups excluding carboxylic acids is 2. The molecule has 0 aromatic carbocycles. The van der Waals surface area contributed by atoms with E-state index in [1.807, 2.05) is 19.1 Å². The van der Waals surface area contributed by atoms with Crippen LogP contribution in [-0.4, -0.2) is 21.7 Å². The van der Waals surface area contributed by atoms with Gasteiger partial charge in [0.05, 0.1) is 29.6 Å². The molecule has 2 atom stereocenters. The van der Waals surface area contributed by atoms with E-state index in [1.165, 1.54) is 0 Å². The molecule has 1 aliphatic carbocycles. The van der Waals surface area contributed by atoms with Crippen LogP contribution >= 0.6 is 23.5 Å². The Kier molecular flexibility index (Phi) is 6.41. The summed E-state index contributed by atoms with van der Waals surface area (Å²) in [4.78, 5) is 23.8. The fourth-order valence-electron chi connectivity index (χ4n) is 1.71. The molecule has 0 heterocycles. The van der Waals surface area contributed by atoms with Crippen LogP contribution in [0, 0.1) is 34.5 Å². The molecule has 0 saturated heterocycles. The molecule has 0 amide bonds. The van der Waals surface area contributed by atoms with Crippen molar-refractivity contribution in [2.24, 2.45) is 11.8 Å². The van der Waals surface area contributed by atoms with Gasteiger partial charge in [0.1, 0.15) is 0 Å². The standard InChI is InChI=1S/C13H12N2O2S2/c1-9-10(12(16)18-7-5-14)3-2-4-11(9)13(17)19-8-6-15/h2-4,9-10H,7-8H2,1H3/t9?,10-/m1/s1. The quantitative estimate of drug-likeness (QED) is 0.790. The summed E-state index contributed by atoms with van der Waals surface area (Å²) in [7, 11) is 0. The lowest BCUT2D eigenvalue weighted by Crippen LogP contribution is -2.24. The van der Waals surface area contributed by atoms with Crippen LogP contribution in [0.3, 0.4) is 0 Å². The van der Waals surface area contributed by atoms with Crippen LogP contribution in [0.2, 0.25) is 0 Å². The van der Waals surface area contributed by atoms with Crippen molar-refractivity contribution in [3.05, 3.63) is 23.8 Å². The van der Waals surface area contributed by atoms with Gasteiger partial charge in [0.15, 0.2) is 5.12 Å². The second-order valence-electron chi connectivity index (χ2n) is 3.82. The van der Waals surface area contributed by atoms with Crippen LogP contribution in [0.15, 0.2) is 23.8 Å². The molecule has 1 aliphatic rings. The van der Waals surface area contributed by atoms with Gasteiger partial charge in [0, 0.05) is 5.57 Å². The summed E-state index contributed by atoms with van der Waals surface area (Å²) in [5.74, 6) is -0.382. The molecule has 0 aromatic heterocycles. The molecule has 0 aromatic rings. The van der Waals surface area contributed by atoms with Crippen LogP contribution in [0.1, 0.15) is 6.92 Å². The number of carbonyl (C=O) groups is 2. The molecule has 1 unspecified atom stereocenters. The van der Waals surface area contributed by atoms with Crippen molar-refractivity contribution in [2.45, 2.75) is 6.92 Å². The average Bonchev–Trinajstić information content (AvgIpc) is 2.42. The van der Waals surface area contributed by atoms with Crippen LogP contribution in [0.5, 0.6) is 0 Å². The van der Waals surface area contributed by atoms with Crippen molar-refractivity contribution >= 4 is 33.8 Å². The Bertz CT molecular complexity index is 512. The van der Waals surface area contributed by atoms with E-state index in [1.54, 1.807) is 18.2 Å². The molecule has 6 heteroatoms. The van der Waals surface area contributed by atoms with E-state index in [-0.39, 0.29) is 33.6 Å². The molecule has 19 heavy (non-hydrogen) atoms. The van der Waals surface area contributed by atoms with Crippen molar-refractivity contribution in [3.63, 3.8) is 0 Å². The number of hydrogen-bond acceptors (Lipinski definition) is 6. The Balaban J connectivity index is 2.73. The summed E-state index contributed by atoms with van der Waals surface area (Å²) in [6, 6.07) is 3.81. The highest BCUT2D eigenvalue weighted by molar-refractivity contribution is 8.14. The van der Waals surface area contributed by atoms with Gasteiger partial charge in [-0.2, -0.15) is 10.5 Å². The molecule has 0 bridgehead atoms. The summed E-state index contributed by atoms with van der Waals surface area (Å²) in [6.07, 6.45) is 5.13. The third-order valence-corrected chi connectivity index (χ3v) is 4.28. The van der Waals surface area contributed by atoms with Crippen molar-refractivity contribution in [1.29, 1.82) is 10.5 Å². The van der Waals surface area contributed by atoms with Crippen molar-refractivity contribution in [3.8, 4) is 12.1 Å². The Labute approximate surface area is 120 Å². The zero-order valence-corrected chi connectivity index (χ0v) is 12.0. The number of hydrogen-bond donors (Lipinski definition) is 0. The molecular formula is C13H12N2O2S2. The summed E-state index contributed by atoms with van der Waals surface area (Å²) < 4.78 is 0. The first kappa shape index (κ1) is 15.6. The van der Waals surface area contributed by atoms with Crippen LogP contribution in [-0.2, 0) is 9.59 Å². The smallest absolute Gasteiger partial charge is 0.216 e. The van der Waals surface area contributed by atoms with E-state index in [0.29, 0.717) is 5.57 Å². The molecule has 0 fully saturated rings. The molecular weight excluding hydrogens is 280 g/mol. The number of thioether (sulfide) groups is 2. The number of nitrogens with zero attached hydrogens (tertiary/aromatic N) is 2. The minimum absolute atomic E-state index is 0.103. The van der Waals surface area contributed by atoms with Crippen LogP contribution in [0.4, 0.5) is 0 Å². The van der Waals surface area contributed by atoms with Crippen molar-refractivity contribution in [1.82, 2.24) is 0 Å². The van der Waals surface area contributed by atoms with Gasteiger partial charge in [0.2, 0.25) is 5.12 Å². The van der Waals surface area contributed by atoms with E-state index in [9.17, 15) is 9.59 Å². The van der Waals surface area contributed by atoms with E-state index in [4.69, 9.17) is 10.5 Å². The Morgan fingerprint density at radius 3 is 2.53 bits per heavy atom. The first-order valence-electron chi connectivity index (χ1n) is 5.57. The predicted molar refractivity (Wildman–Crippen MR) is 76.0 cm³/mol. The van der Waals surface area contributed by atoms with Crippen LogP contribution in [0.25, 0.3) is 0 Å². The van der Waals surface area contributed by atoms with E-state index in [0.717, 1.165) is 23.5 Å². The predicted octanol–water partition coefficient (Wildman–Crippen LogP) is 2.30. The Morgan fingerprint density at radius 1 is 1.26 bits per heavy atom. The average molecular weight is 292 g/mol. The maximum atomic E-state index is 11.9. The molecule has 0 radical (unpaired) electrons. The van der Waals surface area contributed by atoms with Gasteiger partial charge in [-0.15, -0.1) is 0 Å². The van der Waals surface area contributed by atoms with E-state index in [2.05, 4.69) is 0 Å². The summed E-state index contributed by atoms with van der Waals surface area (Å²) in [6.45, 7) is 1.82. The van der Waals surface area contributed by atoms with Gasteiger partial charge in [0.25, 0.3) is 0 Å². The molecule has 1 rings (SSSR count). The fourth-order valence-corrected chi connectivity index (χ4v) is 3.01. The SMILES string of the molecule is CC1C(C(=O)SCC#N)=CC=C[C@H]1C(=O)SCC#N. The maximum Gasteiger partial charge on any atom is 0.216 e. The first-order valence-corrected chi connectivity index (χ1v) is 7.55. The first-order chi connectivity index (χ1) is 9.11. The van der Waals surface area contributed by atoms with Gasteiger partial charge in [-0.05, 0) is 5.92 Å². The lowest BCUT2D eigenvalue weighted by Gasteiger charge is -2.23. The minimum Gasteiger partial charge on any atom is -0.286 e. The number of allylic oxidation sites excluding steroid dienone is 3. The van der Waals surface area contributed by atoms with Crippen molar-refractivity contribution in [2.75, 3.05) is 11.5 Å². The lowest BCUT2D eigenvalue weighted by molar-refractivity contribution is -0.114. The molecule has 0 spiro atoms. The summed E-state index contributed by atoms with van der Waals surface area (Å²) >= 11 is 1.92. The largest absolute Gasteiger partial charge is 0.286 e. The highest BCUT2D eigenvalue weighted by atomic mass is 32.2. The van der Waals surface area contributed by atoms with Gasteiger partial charge >= 0.3 is 0 Å². The Hall–Kier alpha value is -1.50. The zero-order chi connectivity index (χ0) is 14.3. The van der Waals surface area contributed by atoms with E-state index < -0.39 is 0 Å². The highest BCUT2D eigenvalue weighted by Gasteiger charge is 2.30. The Morgan fingerprint density at radius 2 is 1.89 bits per heavy atom. The third kappa shape index (κ3) is 4.27. The normalized spacial score (nSPS) is 21.1. The topological polar surface area (TPSA) is 81.7 Å². The summed E-state index contributed by atoms with van der Waals surface area (Å²) in [5.41, 5.74) is 0.554.